The summed E-state index contributed by atoms with van der Waals surface area (Å²) in [7, 11) is 1.74. The summed E-state index contributed by atoms with van der Waals surface area (Å²) in [4.78, 5) is 0. The predicted molar refractivity (Wildman–Crippen MR) is 76.0 cm³/mol. The highest BCUT2D eigenvalue weighted by molar-refractivity contribution is 9.10. The van der Waals surface area contributed by atoms with Gasteiger partial charge >= 0.3 is 0 Å². The van der Waals surface area contributed by atoms with Crippen molar-refractivity contribution in [2.45, 2.75) is 12.5 Å². The zero-order valence-corrected chi connectivity index (χ0v) is 12.0. The Morgan fingerprint density at radius 2 is 1.95 bits per heavy atom. The Bertz CT molecular complexity index is 572. The van der Waals surface area contributed by atoms with E-state index in [2.05, 4.69) is 21.2 Å². The average molecular weight is 326 g/mol. The van der Waals surface area contributed by atoms with Crippen LogP contribution in [0.25, 0.3) is 0 Å². The van der Waals surface area contributed by atoms with E-state index in [0.717, 1.165) is 22.2 Å². The minimum Gasteiger partial charge on any atom is -0.313 e. The molecule has 2 aromatic carbocycles. The summed E-state index contributed by atoms with van der Waals surface area (Å²) in [5.74, 6) is -0.818. The highest BCUT2D eigenvalue weighted by atomic mass is 79.9. The molecule has 0 fully saturated rings. The summed E-state index contributed by atoms with van der Waals surface area (Å²) in [6, 6.07) is 11.1. The van der Waals surface area contributed by atoms with Crippen molar-refractivity contribution in [1.29, 1.82) is 0 Å². The number of rotatable bonds is 4. The Hall–Kier alpha value is -1.26. The highest BCUT2D eigenvalue weighted by Gasteiger charge is 2.15. The van der Waals surface area contributed by atoms with Crippen LogP contribution in [-0.2, 0) is 6.42 Å². The fraction of sp³-hybridized carbons (Fsp3) is 0.200. The maximum absolute atomic E-state index is 13.8. The summed E-state index contributed by atoms with van der Waals surface area (Å²) in [6.45, 7) is 0. The second-order valence-electron chi connectivity index (χ2n) is 4.34. The summed E-state index contributed by atoms with van der Waals surface area (Å²) in [5, 5.41) is 3.03. The van der Waals surface area contributed by atoms with Crippen molar-refractivity contribution in [2.75, 3.05) is 7.05 Å². The second-order valence-corrected chi connectivity index (χ2v) is 5.26. The Morgan fingerprint density at radius 1 is 1.16 bits per heavy atom. The van der Waals surface area contributed by atoms with Crippen LogP contribution in [0.2, 0.25) is 0 Å². The van der Waals surface area contributed by atoms with Gasteiger partial charge in [-0.15, -0.1) is 0 Å². The predicted octanol–water partition coefficient (Wildman–Crippen LogP) is 4.23. The minimum absolute atomic E-state index is 0.259. The summed E-state index contributed by atoms with van der Waals surface area (Å²) in [5.41, 5.74) is 1.40. The number of likely N-dealkylation sites (N-methyl/N-ethyl adjacent to an activating group) is 1. The standard InChI is InChI=1S/C15H14BrF2N/c1-19-15(8-10-3-2-4-11(16)7-10)13-9-12(17)5-6-14(13)18/h2-7,9,15,19H,8H2,1H3. The van der Waals surface area contributed by atoms with Crippen LogP contribution >= 0.6 is 15.9 Å². The van der Waals surface area contributed by atoms with Gasteiger partial charge in [0.05, 0.1) is 0 Å². The van der Waals surface area contributed by atoms with Gasteiger partial charge in [-0.2, -0.15) is 0 Å². The SMILES string of the molecule is CNC(Cc1cccc(Br)c1)c1cc(F)ccc1F. The Labute approximate surface area is 119 Å². The van der Waals surface area contributed by atoms with Crippen molar-refractivity contribution in [3.8, 4) is 0 Å². The molecule has 2 aromatic rings. The van der Waals surface area contributed by atoms with Crippen molar-refractivity contribution >= 4 is 15.9 Å². The Kier molecular flexibility index (Phi) is 4.66. The van der Waals surface area contributed by atoms with E-state index < -0.39 is 11.6 Å². The first-order valence-corrected chi connectivity index (χ1v) is 6.76. The second kappa shape index (κ2) is 6.26. The van der Waals surface area contributed by atoms with Gasteiger partial charge in [0.15, 0.2) is 0 Å². The molecule has 0 saturated carbocycles. The van der Waals surface area contributed by atoms with E-state index >= 15 is 0 Å². The molecule has 0 bridgehead atoms. The number of hydrogen-bond donors (Lipinski definition) is 1. The van der Waals surface area contributed by atoms with Gasteiger partial charge in [0.2, 0.25) is 0 Å². The fourth-order valence-corrected chi connectivity index (χ4v) is 2.50. The van der Waals surface area contributed by atoms with Gasteiger partial charge in [-0.25, -0.2) is 8.78 Å². The molecule has 2 rings (SSSR count). The van der Waals surface area contributed by atoms with E-state index in [9.17, 15) is 8.78 Å². The first-order valence-electron chi connectivity index (χ1n) is 5.97. The summed E-state index contributed by atoms with van der Waals surface area (Å²) in [6.07, 6.45) is 0.594. The van der Waals surface area contributed by atoms with Crippen LogP contribution in [0.4, 0.5) is 8.78 Å². The largest absolute Gasteiger partial charge is 0.313 e. The lowest BCUT2D eigenvalue weighted by Gasteiger charge is -2.17. The van der Waals surface area contributed by atoms with Gasteiger partial charge in [-0.05, 0) is 49.4 Å². The number of nitrogens with one attached hydrogen (secondary N) is 1. The van der Waals surface area contributed by atoms with Gasteiger partial charge in [-0.1, -0.05) is 28.1 Å². The van der Waals surface area contributed by atoms with Crippen LogP contribution in [-0.4, -0.2) is 7.05 Å². The molecule has 0 aliphatic rings. The fourth-order valence-electron chi connectivity index (χ4n) is 2.05. The smallest absolute Gasteiger partial charge is 0.128 e. The number of hydrogen-bond acceptors (Lipinski definition) is 1. The molecular formula is C15H14BrF2N. The van der Waals surface area contributed by atoms with Crippen LogP contribution in [0, 0.1) is 11.6 Å². The van der Waals surface area contributed by atoms with Crippen LogP contribution in [0.15, 0.2) is 46.9 Å². The quantitative estimate of drug-likeness (QED) is 0.887. The zero-order chi connectivity index (χ0) is 13.8. The lowest BCUT2D eigenvalue weighted by molar-refractivity contribution is 0.523. The molecule has 0 radical (unpaired) electrons. The van der Waals surface area contributed by atoms with Crippen molar-refractivity contribution in [3.63, 3.8) is 0 Å². The normalized spacial score (nSPS) is 12.4. The minimum atomic E-state index is -0.425. The molecule has 0 spiro atoms. The summed E-state index contributed by atoms with van der Waals surface area (Å²) >= 11 is 3.40. The van der Waals surface area contributed by atoms with E-state index in [1.165, 1.54) is 6.07 Å². The third kappa shape index (κ3) is 3.61. The third-order valence-electron chi connectivity index (χ3n) is 3.01. The molecule has 0 aliphatic heterocycles. The topological polar surface area (TPSA) is 12.0 Å². The molecule has 0 aromatic heterocycles. The van der Waals surface area contributed by atoms with Crippen molar-refractivity contribution in [1.82, 2.24) is 5.32 Å². The average Bonchev–Trinajstić information content (AvgIpc) is 2.39. The molecule has 0 aliphatic carbocycles. The molecule has 1 nitrogen and oxygen atoms in total. The molecule has 1 N–H and O–H groups in total. The van der Waals surface area contributed by atoms with Crippen LogP contribution in [0.1, 0.15) is 17.2 Å². The van der Waals surface area contributed by atoms with Crippen LogP contribution in [0.5, 0.6) is 0 Å². The molecule has 4 heteroatoms. The molecule has 1 atom stereocenters. The molecule has 0 heterocycles. The lowest BCUT2D eigenvalue weighted by atomic mass is 9.98. The van der Waals surface area contributed by atoms with Gasteiger partial charge in [0.25, 0.3) is 0 Å². The molecule has 1 unspecified atom stereocenters. The molecule has 19 heavy (non-hydrogen) atoms. The highest BCUT2D eigenvalue weighted by Crippen LogP contribution is 2.23. The van der Waals surface area contributed by atoms with E-state index in [-0.39, 0.29) is 6.04 Å². The van der Waals surface area contributed by atoms with Gasteiger partial charge in [-0.3, -0.25) is 0 Å². The maximum atomic E-state index is 13.8. The van der Waals surface area contributed by atoms with E-state index in [1.54, 1.807) is 7.05 Å². The van der Waals surface area contributed by atoms with E-state index in [0.29, 0.717) is 12.0 Å². The Balaban J connectivity index is 2.27. The molecule has 0 amide bonds. The first kappa shape index (κ1) is 14.2. The van der Waals surface area contributed by atoms with Gasteiger partial charge in [0.1, 0.15) is 11.6 Å². The van der Waals surface area contributed by atoms with Crippen molar-refractivity contribution in [3.05, 3.63) is 69.7 Å². The molecular weight excluding hydrogens is 312 g/mol. The van der Waals surface area contributed by atoms with Crippen molar-refractivity contribution < 1.29 is 8.78 Å². The Morgan fingerprint density at radius 3 is 2.63 bits per heavy atom. The van der Waals surface area contributed by atoms with E-state index in [1.807, 2.05) is 24.3 Å². The lowest BCUT2D eigenvalue weighted by Crippen LogP contribution is -2.20. The summed E-state index contributed by atoms with van der Waals surface area (Å²) < 4.78 is 28.0. The third-order valence-corrected chi connectivity index (χ3v) is 3.50. The molecule has 0 saturated heterocycles. The van der Waals surface area contributed by atoms with E-state index in [4.69, 9.17) is 0 Å². The monoisotopic (exact) mass is 325 g/mol. The van der Waals surface area contributed by atoms with Gasteiger partial charge in [0, 0.05) is 16.1 Å². The maximum Gasteiger partial charge on any atom is 0.128 e. The van der Waals surface area contributed by atoms with Gasteiger partial charge < -0.3 is 5.32 Å². The molecule has 100 valence electrons. The van der Waals surface area contributed by atoms with Crippen LogP contribution in [0.3, 0.4) is 0 Å². The first-order chi connectivity index (χ1) is 9.10. The van der Waals surface area contributed by atoms with Crippen molar-refractivity contribution in [2.24, 2.45) is 0 Å². The zero-order valence-electron chi connectivity index (χ0n) is 10.5. The number of benzene rings is 2. The van der Waals surface area contributed by atoms with Crippen LogP contribution < -0.4 is 5.32 Å². The number of halogens is 3.